The molecule has 2 atom stereocenters. The van der Waals surface area contributed by atoms with E-state index in [4.69, 9.17) is 21.1 Å². The molecule has 9 heteroatoms. The van der Waals surface area contributed by atoms with Crippen LogP contribution in [0.4, 0.5) is 4.79 Å². The lowest BCUT2D eigenvalue weighted by molar-refractivity contribution is -0.145. The first-order chi connectivity index (χ1) is 15.2. The van der Waals surface area contributed by atoms with Crippen LogP contribution in [0.15, 0.2) is 53.0 Å². The smallest absolute Gasteiger partial charge is 0.408 e. The molecular formula is C23H26BrClN2O5. The van der Waals surface area contributed by atoms with Gasteiger partial charge in [0.05, 0.1) is 7.11 Å². The van der Waals surface area contributed by atoms with Crippen molar-refractivity contribution >= 4 is 45.5 Å². The number of rotatable bonds is 9. The molecule has 2 aromatic rings. The molecule has 0 saturated carbocycles. The summed E-state index contributed by atoms with van der Waals surface area (Å²) in [4.78, 5) is 37.5. The summed E-state index contributed by atoms with van der Waals surface area (Å²) in [7, 11) is 1.24. The number of alkyl carbamates (subject to hydrolysis) is 1. The summed E-state index contributed by atoms with van der Waals surface area (Å²) >= 11 is 9.48. The number of esters is 1. The minimum absolute atomic E-state index is 0.0761. The number of benzene rings is 2. The molecule has 0 fully saturated rings. The van der Waals surface area contributed by atoms with Crippen molar-refractivity contribution in [2.45, 2.75) is 39.0 Å². The van der Waals surface area contributed by atoms with Gasteiger partial charge in [0.2, 0.25) is 5.91 Å². The highest BCUT2D eigenvalue weighted by atomic mass is 79.9. The SMILES string of the molecule is COC(=O)[C@H](Cc1cc(Cl)ccc1Br)NC(=O)[C@H](NC(=O)OCc1ccccc1)C(C)C. The van der Waals surface area contributed by atoms with E-state index in [2.05, 4.69) is 26.6 Å². The van der Waals surface area contributed by atoms with Gasteiger partial charge in [0, 0.05) is 15.9 Å². The molecular weight excluding hydrogens is 500 g/mol. The van der Waals surface area contributed by atoms with Crippen LogP contribution in [0.5, 0.6) is 0 Å². The maximum Gasteiger partial charge on any atom is 0.408 e. The summed E-state index contributed by atoms with van der Waals surface area (Å²) in [6.07, 6.45) is -0.571. The Balaban J connectivity index is 2.06. The van der Waals surface area contributed by atoms with Crippen LogP contribution in [0.1, 0.15) is 25.0 Å². The molecule has 0 aromatic heterocycles. The van der Waals surface area contributed by atoms with E-state index in [9.17, 15) is 14.4 Å². The molecule has 32 heavy (non-hydrogen) atoms. The Kier molecular flexibility index (Phi) is 9.99. The van der Waals surface area contributed by atoms with Gasteiger partial charge < -0.3 is 20.1 Å². The topological polar surface area (TPSA) is 93.7 Å². The summed E-state index contributed by atoms with van der Waals surface area (Å²) in [6.45, 7) is 3.64. The van der Waals surface area contributed by atoms with Crippen LogP contribution >= 0.6 is 27.5 Å². The zero-order chi connectivity index (χ0) is 23.7. The Labute approximate surface area is 200 Å². The minimum atomic E-state index is -0.967. The molecule has 2 amide bonds. The van der Waals surface area contributed by atoms with Gasteiger partial charge in [-0.05, 0) is 35.2 Å². The quantitative estimate of drug-likeness (QED) is 0.477. The van der Waals surface area contributed by atoms with Gasteiger partial charge in [0.15, 0.2) is 0 Å². The van der Waals surface area contributed by atoms with E-state index in [1.807, 2.05) is 30.3 Å². The van der Waals surface area contributed by atoms with E-state index in [1.165, 1.54) is 7.11 Å². The number of hydrogen-bond donors (Lipinski definition) is 2. The molecule has 0 unspecified atom stereocenters. The van der Waals surface area contributed by atoms with Crippen molar-refractivity contribution in [1.29, 1.82) is 0 Å². The zero-order valence-corrected chi connectivity index (χ0v) is 20.4. The third kappa shape index (κ3) is 7.84. The van der Waals surface area contributed by atoms with Crippen molar-refractivity contribution in [2.24, 2.45) is 5.92 Å². The number of carbonyl (C=O) groups excluding carboxylic acids is 3. The Bertz CT molecular complexity index is 939. The standard InChI is InChI=1S/C23H26BrClN2O5/c1-14(2)20(27-23(30)32-13-15-7-5-4-6-8-15)21(28)26-19(22(29)31-3)12-16-11-17(25)9-10-18(16)24/h4-11,14,19-20H,12-13H2,1-3H3,(H,26,28)(H,27,30)/t19-,20+/m0/s1. The van der Waals surface area contributed by atoms with Crippen molar-refractivity contribution in [2.75, 3.05) is 7.11 Å². The fourth-order valence-electron chi connectivity index (χ4n) is 2.94. The summed E-state index contributed by atoms with van der Waals surface area (Å²) in [6, 6.07) is 12.5. The van der Waals surface area contributed by atoms with E-state index in [1.54, 1.807) is 32.0 Å². The van der Waals surface area contributed by atoms with E-state index < -0.39 is 30.1 Å². The molecule has 2 rings (SSSR count). The highest BCUT2D eigenvalue weighted by Gasteiger charge is 2.30. The Morgan fingerprint density at radius 3 is 2.38 bits per heavy atom. The minimum Gasteiger partial charge on any atom is -0.467 e. The summed E-state index contributed by atoms with van der Waals surface area (Å²) in [5.41, 5.74) is 1.55. The molecule has 0 bridgehead atoms. The van der Waals surface area contributed by atoms with Crippen molar-refractivity contribution < 1.29 is 23.9 Å². The third-order valence-corrected chi connectivity index (χ3v) is 5.68. The lowest BCUT2D eigenvalue weighted by atomic mass is 10.0. The van der Waals surface area contributed by atoms with Crippen LogP contribution in [0, 0.1) is 5.92 Å². The zero-order valence-electron chi connectivity index (χ0n) is 18.1. The lowest BCUT2D eigenvalue weighted by Gasteiger charge is -2.24. The molecule has 2 aromatic carbocycles. The monoisotopic (exact) mass is 524 g/mol. The predicted octanol–water partition coefficient (Wildman–Crippen LogP) is 4.25. The summed E-state index contributed by atoms with van der Waals surface area (Å²) < 4.78 is 10.8. The highest BCUT2D eigenvalue weighted by molar-refractivity contribution is 9.10. The van der Waals surface area contributed by atoms with Gasteiger partial charge in [0.1, 0.15) is 18.7 Å². The Morgan fingerprint density at radius 2 is 1.75 bits per heavy atom. The van der Waals surface area contributed by atoms with Gasteiger partial charge >= 0.3 is 12.1 Å². The first-order valence-corrected chi connectivity index (χ1v) is 11.2. The highest BCUT2D eigenvalue weighted by Crippen LogP contribution is 2.23. The molecule has 0 aliphatic heterocycles. The number of ether oxygens (including phenoxy) is 2. The van der Waals surface area contributed by atoms with Crippen LogP contribution in [0.3, 0.4) is 0 Å². The number of amides is 2. The van der Waals surface area contributed by atoms with E-state index >= 15 is 0 Å². The number of carbonyl (C=O) groups is 3. The first-order valence-electron chi connectivity index (χ1n) is 10.0. The predicted molar refractivity (Wildman–Crippen MR) is 125 cm³/mol. The van der Waals surface area contributed by atoms with E-state index in [0.29, 0.717) is 5.02 Å². The van der Waals surface area contributed by atoms with Gasteiger partial charge in [-0.3, -0.25) is 4.79 Å². The summed E-state index contributed by atoms with van der Waals surface area (Å²) in [5.74, 6) is -1.39. The fourth-order valence-corrected chi connectivity index (χ4v) is 3.55. The number of hydrogen-bond acceptors (Lipinski definition) is 5. The van der Waals surface area contributed by atoms with Gasteiger partial charge in [-0.1, -0.05) is 71.7 Å². The van der Waals surface area contributed by atoms with Crippen LogP contribution < -0.4 is 10.6 Å². The maximum atomic E-state index is 12.9. The van der Waals surface area contributed by atoms with Crippen LogP contribution in [-0.2, 0) is 32.1 Å². The largest absolute Gasteiger partial charge is 0.467 e. The maximum absolute atomic E-state index is 12.9. The van der Waals surface area contributed by atoms with E-state index in [0.717, 1.165) is 15.6 Å². The number of methoxy groups -OCH3 is 1. The van der Waals surface area contributed by atoms with Crippen LogP contribution in [0.25, 0.3) is 0 Å². The Hall–Kier alpha value is -2.58. The average molecular weight is 526 g/mol. The molecule has 172 valence electrons. The van der Waals surface area contributed by atoms with Gasteiger partial charge in [-0.15, -0.1) is 0 Å². The van der Waals surface area contributed by atoms with Crippen LogP contribution in [-0.4, -0.2) is 37.2 Å². The number of nitrogens with one attached hydrogen (secondary N) is 2. The van der Waals surface area contributed by atoms with Crippen molar-refractivity contribution in [3.8, 4) is 0 Å². The van der Waals surface area contributed by atoms with Gasteiger partial charge in [-0.25, -0.2) is 9.59 Å². The molecule has 0 saturated heterocycles. The molecule has 0 aliphatic carbocycles. The average Bonchev–Trinajstić information content (AvgIpc) is 2.77. The fraction of sp³-hybridized carbons (Fsp3) is 0.348. The van der Waals surface area contributed by atoms with E-state index in [-0.39, 0.29) is 18.9 Å². The van der Waals surface area contributed by atoms with Crippen molar-refractivity contribution in [3.05, 3.63) is 69.2 Å². The first kappa shape index (κ1) is 25.7. The van der Waals surface area contributed by atoms with Crippen LogP contribution in [0.2, 0.25) is 5.02 Å². The molecule has 2 N–H and O–H groups in total. The van der Waals surface area contributed by atoms with Crippen molar-refractivity contribution in [1.82, 2.24) is 10.6 Å². The second kappa shape index (κ2) is 12.5. The normalized spacial score (nSPS) is 12.6. The second-order valence-corrected chi connectivity index (χ2v) is 8.74. The van der Waals surface area contributed by atoms with Gasteiger partial charge in [-0.2, -0.15) is 0 Å². The molecule has 0 aliphatic rings. The molecule has 0 heterocycles. The molecule has 7 nitrogen and oxygen atoms in total. The Morgan fingerprint density at radius 1 is 1.06 bits per heavy atom. The lowest BCUT2D eigenvalue weighted by Crippen LogP contribution is -2.54. The molecule has 0 spiro atoms. The summed E-state index contributed by atoms with van der Waals surface area (Å²) in [5, 5.41) is 5.75. The van der Waals surface area contributed by atoms with Crippen molar-refractivity contribution in [3.63, 3.8) is 0 Å². The second-order valence-electron chi connectivity index (χ2n) is 7.45. The number of halogens is 2. The molecule has 0 radical (unpaired) electrons. The third-order valence-electron chi connectivity index (χ3n) is 4.67. The van der Waals surface area contributed by atoms with Gasteiger partial charge in [0.25, 0.3) is 0 Å².